The van der Waals surface area contributed by atoms with Crippen LogP contribution in [0.25, 0.3) is 0 Å². The van der Waals surface area contributed by atoms with Crippen LogP contribution >= 0.6 is 38.5 Å². The van der Waals surface area contributed by atoms with Gasteiger partial charge < -0.3 is 0 Å². The molecule has 0 radical (unpaired) electrons. The highest BCUT2D eigenvalue weighted by Crippen LogP contribution is 2.34. The summed E-state index contributed by atoms with van der Waals surface area (Å²) in [5.41, 5.74) is -1.90. The van der Waals surface area contributed by atoms with Crippen LogP contribution in [0, 0.1) is 14.9 Å². The summed E-state index contributed by atoms with van der Waals surface area (Å²) in [5.74, 6) is -0.550. The molecule has 0 bridgehead atoms. The minimum Gasteiger partial charge on any atom is -0.293 e. The van der Waals surface area contributed by atoms with Gasteiger partial charge in [-0.1, -0.05) is 15.9 Å². The lowest BCUT2D eigenvalue weighted by Gasteiger charge is -2.12. The van der Waals surface area contributed by atoms with Crippen LogP contribution in [0.2, 0.25) is 0 Å². The topological polar surface area (TPSA) is 40.9 Å². The van der Waals surface area contributed by atoms with Crippen LogP contribution in [-0.4, -0.2) is 11.1 Å². The number of rotatable bonds is 2. The lowest BCUT2D eigenvalue weighted by Crippen LogP contribution is -2.13. The number of halogens is 5. The Balaban J connectivity index is 3.59. The molecule has 90 valence electrons. The van der Waals surface area contributed by atoms with Gasteiger partial charge in [-0.2, -0.15) is 18.4 Å². The first kappa shape index (κ1) is 14.4. The van der Waals surface area contributed by atoms with Crippen LogP contribution in [0.5, 0.6) is 0 Å². The summed E-state index contributed by atoms with van der Waals surface area (Å²) in [5, 5.41) is 8.65. The van der Waals surface area contributed by atoms with E-state index in [-0.39, 0.29) is 14.5 Å². The first-order valence-electron chi connectivity index (χ1n) is 4.21. The van der Waals surface area contributed by atoms with Crippen LogP contribution < -0.4 is 0 Å². The van der Waals surface area contributed by atoms with Crippen LogP contribution in [0.1, 0.15) is 21.5 Å². The fourth-order valence-corrected chi connectivity index (χ4v) is 2.17. The third kappa shape index (κ3) is 3.19. The van der Waals surface area contributed by atoms with Gasteiger partial charge in [-0.05, 0) is 34.7 Å². The number of nitrogens with zero attached hydrogens (tertiary/aromatic N) is 1. The predicted octanol–water partition coefficient (Wildman–Crippen LogP) is 3.76. The maximum atomic E-state index is 12.7. The fraction of sp³-hybridized carbons (Fsp3) is 0.200. The Hall–Kier alpha value is -0.620. The van der Waals surface area contributed by atoms with E-state index in [2.05, 4.69) is 15.9 Å². The highest BCUT2D eigenvalue weighted by atomic mass is 127. The van der Waals surface area contributed by atoms with E-state index in [4.69, 9.17) is 5.26 Å². The second kappa shape index (κ2) is 5.35. The maximum Gasteiger partial charge on any atom is 0.417 e. The number of Topliss-reactive ketones (excluding diaryl/α,β-unsaturated/α-hetero) is 1. The molecule has 1 aromatic rings. The zero-order chi connectivity index (χ0) is 13.2. The van der Waals surface area contributed by atoms with E-state index in [1.807, 2.05) is 0 Å². The number of alkyl halides is 4. The quantitative estimate of drug-likeness (QED) is 0.417. The number of ketones is 1. The molecule has 0 aliphatic rings. The van der Waals surface area contributed by atoms with Crippen molar-refractivity contribution in [2.24, 2.45) is 0 Å². The van der Waals surface area contributed by atoms with Crippen molar-refractivity contribution in [3.8, 4) is 6.07 Å². The summed E-state index contributed by atoms with van der Waals surface area (Å²) in [7, 11) is 0. The molecule has 0 aliphatic heterocycles. The molecule has 17 heavy (non-hydrogen) atoms. The third-order valence-electron chi connectivity index (χ3n) is 1.94. The number of carbonyl (C=O) groups is 1. The Bertz CT molecular complexity index is 507. The van der Waals surface area contributed by atoms with Crippen LogP contribution in [0.3, 0.4) is 0 Å². The summed E-state index contributed by atoms with van der Waals surface area (Å²) < 4.78 is 38.3. The van der Waals surface area contributed by atoms with Gasteiger partial charge in [0.05, 0.1) is 16.5 Å². The second-order valence-electron chi connectivity index (χ2n) is 3.04. The molecule has 0 heterocycles. The van der Waals surface area contributed by atoms with E-state index in [0.717, 1.165) is 6.07 Å². The summed E-state index contributed by atoms with van der Waals surface area (Å²) in [6.45, 7) is 0. The van der Waals surface area contributed by atoms with Crippen molar-refractivity contribution in [1.29, 1.82) is 5.26 Å². The zero-order valence-corrected chi connectivity index (χ0v) is 11.9. The Morgan fingerprint density at radius 3 is 2.47 bits per heavy atom. The third-order valence-corrected chi connectivity index (χ3v) is 3.07. The molecule has 0 saturated heterocycles. The van der Waals surface area contributed by atoms with E-state index in [9.17, 15) is 18.0 Å². The largest absolute Gasteiger partial charge is 0.417 e. The monoisotopic (exact) mass is 417 g/mol. The molecule has 0 unspecified atom stereocenters. The Morgan fingerprint density at radius 2 is 2.06 bits per heavy atom. The van der Waals surface area contributed by atoms with Gasteiger partial charge in [-0.15, -0.1) is 0 Å². The molecular weight excluding hydrogens is 414 g/mol. The molecule has 0 atom stereocenters. The van der Waals surface area contributed by atoms with Crippen molar-refractivity contribution in [2.45, 2.75) is 6.18 Å². The first-order chi connectivity index (χ1) is 7.81. The van der Waals surface area contributed by atoms with Crippen LogP contribution in [0.4, 0.5) is 13.2 Å². The van der Waals surface area contributed by atoms with Crippen molar-refractivity contribution in [1.82, 2.24) is 0 Å². The SMILES string of the molecule is N#Cc1c(C(=O)CBr)cc(I)cc1C(F)(F)F. The summed E-state index contributed by atoms with van der Waals surface area (Å²) in [6, 6.07) is 3.58. The minimum atomic E-state index is -4.65. The van der Waals surface area contributed by atoms with Crippen molar-refractivity contribution in [2.75, 3.05) is 5.33 Å². The van der Waals surface area contributed by atoms with Gasteiger partial charge in [0.25, 0.3) is 0 Å². The van der Waals surface area contributed by atoms with Crippen molar-refractivity contribution in [3.05, 3.63) is 32.4 Å². The Labute approximate surface area is 117 Å². The lowest BCUT2D eigenvalue weighted by molar-refractivity contribution is -0.137. The first-order valence-corrected chi connectivity index (χ1v) is 6.41. The molecule has 0 aromatic heterocycles. The second-order valence-corrected chi connectivity index (χ2v) is 4.85. The van der Waals surface area contributed by atoms with Gasteiger partial charge >= 0.3 is 6.18 Å². The lowest BCUT2D eigenvalue weighted by atomic mass is 9.99. The smallest absolute Gasteiger partial charge is 0.293 e. The van der Waals surface area contributed by atoms with Gasteiger partial charge in [0.15, 0.2) is 5.78 Å². The predicted molar refractivity (Wildman–Crippen MR) is 67.0 cm³/mol. The van der Waals surface area contributed by atoms with Crippen molar-refractivity contribution in [3.63, 3.8) is 0 Å². The number of hydrogen-bond acceptors (Lipinski definition) is 2. The minimum absolute atomic E-state index is 0.126. The molecule has 1 aromatic carbocycles. The summed E-state index contributed by atoms with van der Waals surface area (Å²) in [4.78, 5) is 11.5. The zero-order valence-electron chi connectivity index (χ0n) is 8.11. The van der Waals surface area contributed by atoms with Crippen LogP contribution in [-0.2, 0) is 6.18 Å². The van der Waals surface area contributed by atoms with Gasteiger partial charge in [-0.25, -0.2) is 0 Å². The molecular formula is C10H4BrF3INO. The van der Waals surface area contributed by atoms with Gasteiger partial charge in [0.1, 0.15) is 6.07 Å². The molecule has 7 heteroatoms. The van der Waals surface area contributed by atoms with E-state index in [0.29, 0.717) is 0 Å². The maximum absolute atomic E-state index is 12.7. The van der Waals surface area contributed by atoms with Gasteiger partial charge in [0.2, 0.25) is 0 Å². The summed E-state index contributed by atoms with van der Waals surface area (Å²) in [6.07, 6.45) is -4.65. The number of hydrogen-bond donors (Lipinski definition) is 0. The Morgan fingerprint density at radius 1 is 1.47 bits per heavy atom. The highest BCUT2D eigenvalue weighted by Gasteiger charge is 2.35. The van der Waals surface area contributed by atoms with E-state index in [1.54, 1.807) is 22.6 Å². The van der Waals surface area contributed by atoms with Gasteiger partial charge in [0, 0.05) is 9.13 Å². The average Bonchev–Trinajstić information content (AvgIpc) is 2.25. The van der Waals surface area contributed by atoms with E-state index in [1.165, 1.54) is 12.1 Å². The normalized spacial score (nSPS) is 11.1. The number of carbonyl (C=O) groups excluding carboxylic acids is 1. The van der Waals surface area contributed by atoms with Crippen molar-refractivity contribution >= 4 is 44.3 Å². The molecule has 0 fully saturated rings. The van der Waals surface area contributed by atoms with Crippen molar-refractivity contribution < 1.29 is 18.0 Å². The molecule has 0 saturated carbocycles. The summed E-state index contributed by atoms with van der Waals surface area (Å²) >= 11 is 4.55. The standard InChI is InChI=1S/C10H4BrF3INO/c11-3-9(17)6-1-5(15)2-8(7(6)4-16)10(12,13)14/h1-2H,3H2. The average molecular weight is 418 g/mol. The fourth-order valence-electron chi connectivity index (χ4n) is 1.24. The highest BCUT2D eigenvalue weighted by molar-refractivity contribution is 14.1. The number of nitriles is 1. The molecule has 0 amide bonds. The van der Waals surface area contributed by atoms with Gasteiger partial charge in [-0.3, -0.25) is 4.79 Å². The molecule has 0 aliphatic carbocycles. The number of benzene rings is 1. The molecule has 1 rings (SSSR count). The molecule has 2 nitrogen and oxygen atoms in total. The molecule has 0 N–H and O–H groups in total. The van der Waals surface area contributed by atoms with E-state index < -0.39 is 23.1 Å². The van der Waals surface area contributed by atoms with E-state index >= 15 is 0 Å². The van der Waals surface area contributed by atoms with Crippen LogP contribution in [0.15, 0.2) is 12.1 Å². The molecule has 0 spiro atoms. The Kier molecular flexibility index (Phi) is 4.55.